The maximum absolute atomic E-state index is 12.2. The summed E-state index contributed by atoms with van der Waals surface area (Å²) in [7, 11) is 0. The second kappa shape index (κ2) is 4.17. The number of morpholine rings is 1. The molecule has 2 atom stereocenters. The molecule has 18 heavy (non-hydrogen) atoms. The Balaban J connectivity index is 2.08. The van der Waals surface area contributed by atoms with Crippen molar-refractivity contribution in [2.45, 2.75) is 32.0 Å². The van der Waals surface area contributed by atoms with Crippen LogP contribution < -0.4 is 4.90 Å². The average molecular weight is 310 g/mol. The quantitative estimate of drug-likeness (QED) is 0.747. The van der Waals surface area contributed by atoms with Crippen LogP contribution in [0.4, 0.5) is 5.69 Å². The van der Waals surface area contributed by atoms with Gasteiger partial charge in [-0.1, -0.05) is 12.1 Å². The Morgan fingerprint density at radius 3 is 2.44 bits per heavy atom. The third-order valence-electron chi connectivity index (χ3n) is 3.42. The van der Waals surface area contributed by atoms with Gasteiger partial charge < -0.3 is 4.74 Å². The highest BCUT2D eigenvalue weighted by Gasteiger charge is 2.47. The molecule has 5 heteroatoms. The lowest BCUT2D eigenvalue weighted by Gasteiger charge is -2.30. The van der Waals surface area contributed by atoms with Crippen molar-refractivity contribution in [3.8, 4) is 0 Å². The van der Waals surface area contributed by atoms with Crippen LogP contribution in [-0.2, 0) is 14.3 Å². The number of carbonyl (C=O) groups excluding carboxylic acids is 2. The number of halogens is 1. The molecule has 0 radical (unpaired) electrons. The number of hydrogen-bond donors (Lipinski definition) is 0. The van der Waals surface area contributed by atoms with E-state index in [0.717, 1.165) is 10.0 Å². The minimum Gasteiger partial charge on any atom is -0.355 e. The first-order valence-electron chi connectivity index (χ1n) is 5.88. The normalized spacial score (nSPS) is 26.9. The van der Waals surface area contributed by atoms with E-state index in [0.29, 0.717) is 18.5 Å². The monoisotopic (exact) mass is 309 g/mol. The minimum atomic E-state index is -0.458. The highest BCUT2D eigenvalue weighted by molar-refractivity contribution is 9.10. The average Bonchev–Trinajstić information content (AvgIpc) is 2.79. The SMILES string of the molecule is Cc1cccc(N2C(=O)C3CCC(O3)C2=O)c1Br. The summed E-state index contributed by atoms with van der Waals surface area (Å²) in [6.07, 6.45) is 0.352. The molecular weight excluding hydrogens is 298 g/mol. The van der Waals surface area contributed by atoms with E-state index < -0.39 is 12.2 Å². The van der Waals surface area contributed by atoms with Gasteiger partial charge in [-0.2, -0.15) is 0 Å². The lowest BCUT2D eigenvalue weighted by atomic mass is 10.1. The summed E-state index contributed by atoms with van der Waals surface area (Å²) in [4.78, 5) is 25.7. The molecule has 0 N–H and O–H groups in total. The predicted octanol–water partition coefficient (Wildman–Crippen LogP) is 2.18. The first kappa shape index (κ1) is 11.9. The van der Waals surface area contributed by atoms with Gasteiger partial charge in [-0.15, -0.1) is 0 Å². The minimum absolute atomic E-state index is 0.250. The first-order valence-corrected chi connectivity index (χ1v) is 6.67. The van der Waals surface area contributed by atoms with Crippen LogP contribution in [0.3, 0.4) is 0 Å². The summed E-state index contributed by atoms with van der Waals surface area (Å²) in [6.45, 7) is 1.93. The molecule has 0 saturated carbocycles. The molecule has 2 heterocycles. The van der Waals surface area contributed by atoms with E-state index in [1.54, 1.807) is 6.07 Å². The van der Waals surface area contributed by atoms with E-state index in [1.807, 2.05) is 19.1 Å². The molecule has 2 fully saturated rings. The third kappa shape index (κ3) is 1.61. The van der Waals surface area contributed by atoms with E-state index in [9.17, 15) is 9.59 Å². The van der Waals surface area contributed by atoms with Crippen molar-refractivity contribution < 1.29 is 14.3 Å². The summed E-state index contributed by atoms with van der Waals surface area (Å²) in [5.74, 6) is -0.500. The molecule has 0 spiro atoms. The van der Waals surface area contributed by atoms with E-state index >= 15 is 0 Å². The number of rotatable bonds is 1. The Morgan fingerprint density at radius 1 is 1.22 bits per heavy atom. The number of benzene rings is 1. The smallest absolute Gasteiger partial charge is 0.263 e. The molecule has 0 aromatic heterocycles. The van der Waals surface area contributed by atoms with Crippen LogP contribution in [0.15, 0.2) is 22.7 Å². The summed E-state index contributed by atoms with van der Waals surface area (Å²) in [5, 5.41) is 0. The second-order valence-electron chi connectivity index (χ2n) is 4.61. The number of amides is 2. The second-order valence-corrected chi connectivity index (χ2v) is 5.40. The molecule has 0 aliphatic carbocycles. The van der Waals surface area contributed by atoms with Crippen LogP contribution in [0.1, 0.15) is 18.4 Å². The van der Waals surface area contributed by atoms with Gasteiger partial charge in [0.25, 0.3) is 11.8 Å². The van der Waals surface area contributed by atoms with Crippen molar-refractivity contribution in [3.05, 3.63) is 28.2 Å². The number of imide groups is 1. The molecule has 1 aromatic carbocycles. The predicted molar refractivity (Wildman–Crippen MR) is 69.3 cm³/mol. The molecule has 2 saturated heterocycles. The molecule has 94 valence electrons. The number of fused-ring (bicyclic) bond motifs is 2. The number of ether oxygens (including phenoxy) is 1. The zero-order valence-corrected chi connectivity index (χ0v) is 11.4. The number of anilines is 1. The Labute approximate surface area is 113 Å². The molecule has 2 aliphatic rings. The van der Waals surface area contributed by atoms with Gasteiger partial charge in [0.2, 0.25) is 0 Å². The fourth-order valence-corrected chi connectivity index (χ4v) is 2.88. The Kier molecular flexibility index (Phi) is 2.75. The van der Waals surface area contributed by atoms with Crippen molar-refractivity contribution in [3.63, 3.8) is 0 Å². The molecule has 1 aromatic rings. The first-order chi connectivity index (χ1) is 8.59. The maximum atomic E-state index is 12.2. The molecule has 4 nitrogen and oxygen atoms in total. The van der Waals surface area contributed by atoms with Crippen molar-refractivity contribution in [2.24, 2.45) is 0 Å². The van der Waals surface area contributed by atoms with Gasteiger partial charge in [0, 0.05) is 4.47 Å². The van der Waals surface area contributed by atoms with Crippen LogP contribution in [-0.4, -0.2) is 24.0 Å². The number of hydrogen-bond acceptors (Lipinski definition) is 3. The van der Waals surface area contributed by atoms with Crippen molar-refractivity contribution in [1.29, 1.82) is 0 Å². The topological polar surface area (TPSA) is 46.6 Å². The Morgan fingerprint density at radius 2 is 1.83 bits per heavy atom. The molecule has 2 bridgehead atoms. The van der Waals surface area contributed by atoms with Crippen molar-refractivity contribution >= 4 is 33.4 Å². The Bertz CT molecular complexity index is 521. The lowest BCUT2D eigenvalue weighted by molar-refractivity contribution is -0.146. The van der Waals surface area contributed by atoms with Gasteiger partial charge >= 0.3 is 0 Å². The molecule has 2 unspecified atom stereocenters. The van der Waals surface area contributed by atoms with Gasteiger partial charge in [-0.25, -0.2) is 4.90 Å². The standard InChI is InChI=1S/C13H12BrNO3/c1-7-3-2-4-8(11(7)14)15-12(16)9-5-6-10(18-9)13(15)17/h2-4,9-10H,5-6H2,1H3. The highest BCUT2D eigenvalue weighted by Crippen LogP contribution is 2.36. The van der Waals surface area contributed by atoms with Crippen molar-refractivity contribution in [1.82, 2.24) is 0 Å². The van der Waals surface area contributed by atoms with Gasteiger partial charge in [0.15, 0.2) is 0 Å². The summed E-state index contributed by atoms with van der Waals surface area (Å²) in [6, 6.07) is 5.54. The summed E-state index contributed by atoms with van der Waals surface area (Å²) >= 11 is 3.44. The third-order valence-corrected chi connectivity index (χ3v) is 4.46. The molecular formula is C13H12BrNO3. The van der Waals surface area contributed by atoms with Gasteiger partial charge in [0.1, 0.15) is 12.2 Å². The fourth-order valence-electron chi connectivity index (χ4n) is 2.44. The molecule has 3 rings (SSSR count). The van der Waals surface area contributed by atoms with Crippen LogP contribution >= 0.6 is 15.9 Å². The zero-order valence-electron chi connectivity index (χ0n) is 9.85. The van der Waals surface area contributed by atoms with Gasteiger partial charge in [-0.05, 0) is 47.3 Å². The van der Waals surface area contributed by atoms with E-state index in [4.69, 9.17) is 4.74 Å². The van der Waals surface area contributed by atoms with Crippen LogP contribution in [0.5, 0.6) is 0 Å². The van der Waals surface area contributed by atoms with E-state index in [2.05, 4.69) is 15.9 Å². The number of nitrogens with zero attached hydrogens (tertiary/aromatic N) is 1. The van der Waals surface area contributed by atoms with Gasteiger partial charge in [-0.3, -0.25) is 9.59 Å². The number of carbonyl (C=O) groups is 2. The Hall–Kier alpha value is -1.20. The lowest BCUT2D eigenvalue weighted by Crippen LogP contribution is -2.52. The zero-order chi connectivity index (χ0) is 12.9. The van der Waals surface area contributed by atoms with Crippen LogP contribution in [0, 0.1) is 6.92 Å². The fraction of sp³-hybridized carbons (Fsp3) is 0.385. The van der Waals surface area contributed by atoms with E-state index in [-0.39, 0.29) is 11.8 Å². The maximum Gasteiger partial charge on any atom is 0.263 e. The van der Waals surface area contributed by atoms with Gasteiger partial charge in [0.05, 0.1) is 5.69 Å². The molecule has 2 amide bonds. The highest BCUT2D eigenvalue weighted by atomic mass is 79.9. The number of aryl methyl sites for hydroxylation is 1. The van der Waals surface area contributed by atoms with E-state index in [1.165, 1.54) is 4.90 Å². The van der Waals surface area contributed by atoms with Crippen LogP contribution in [0.25, 0.3) is 0 Å². The molecule has 2 aliphatic heterocycles. The summed E-state index contributed by atoms with van der Waals surface area (Å²) in [5.41, 5.74) is 1.61. The van der Waals surface area contributed by atoms with Crippen molar-refractivity contribution in [2.75, 3.05) is 4.90 Å². The largest absolute Gasteiger partial charge is 0.355 e. The van der Waals surface area contributed by atoms with Crippen LogP contribution in [0.2, 0.25) is 0 Å². The summed E-state index contributed by atoms with van der Waals surface area (Å²) < 4.78 is 6.17.